The van der Waals surface area contributed by atoms with E-state index in [1.165, 1.54) is 17.7 Å². The van der Waals surface area contributed by atoms with Gasteiger partial charge in [-0.15, -0.1) is 12.4 Å². The molecule has 132 valence electrons. The Kier molecular flexibility index (Phi) is 6.65. The van der Waals surface area contributed by atoms with Gasteiger partial charge in [-0.05, 0) is 24.6 Å². The average molecular weight is 362 g/mol. The molecule has 0 saturated carbocycles. The first-order valence-corrected chi connectivity index (χ1v) is 6.96. The number of aliphatic imine (C=N–C) groups is 2. The number of hydrogen-bond donors (Lipinski definition) is 2. The van der Waals surface area contributed by atoms with Crippen LogP contribution in [0.2, 0.25) is 0 Å². The van der Waals surface area contributed by atoms with Crippen molar-refractivity contribution in [2.24, 2.45) is 21.5 Å². The van der Waals surface area contributed by atoms with Gasteiger partial charge in [-0.3, -0.25) is 0 Å². The summed E-state index contributed by atoms with van der Waals surface area (Å²) in [4.78, 5) is 9.86. The van der Waals surface area contributed by atoms with Crippen LogP contribution in [0.5, 0.6) is 0 Å². The van der Waals surface area contributed by atoms with Crippen LogP contribution in [-0.4, -0.2) is 29.9 Å². The third-order valence-corrected chi connectivity index (χ3v) is 3.36. The van der Waals surface area contributed by atoms with E-state index >= 15 is 0 Å². The first-order chi connectivity index (χ1) is 10.8. The summed E-state index contributed by atoms with van der Waals surface area (Å²) < 4.78 is 37.4. The number of nitrogens with zero attached hydrogens (tertiary/aromatic N) is 3. The zero-order chi connectivity index (χ0) is 17.0. The molecule has 0 radical (unpaired) electrons. The van der Waals surface area contributed by atoms with Gasteiger partial charge in [-0.2, -0.15) is 18.2 Å². The Balaban J connectivity index is 0.00000288. The molecule has 2 rings (SSSR count). The fourth-order valence-electron chi connectivity index (χ4n) is 2.07. The lowest BCUT2D eigenvalue weighted by atomic mass is 10.1. The normalized spacial score (nSPS) is 16.0. The number of hydrogen-bond acceptors (Lipinski definition) is 1. The Morgan fingerprint density at radius 1 is 1.21 bits per heavy atom. The molecule has 0 atom stereocenters. The van der Waals surface area contributed by atoms with E-state index < -0.39 is 11.7 Å². The van der Waals surface area contributed by atoms with E-state index in [0.717, 1.165) is 12.1 Å². The molecular formula is C15H19ClF3N5. The summed E-state index contributed by atoms with van der Waals surface area (Å²) in [6, 6.07) is 4.75. The molecule has 5 nitrogen and oxygen atoms in total. The molecule has 0 amide bonds. The van der Waals surface area contributed by atoms with Gasteiger partial charge in [0.05, 0.1) is 12.1 Å². The van der Waals surface area contributed by atoms with Gasteiger partial charge < -0.3 is 16.4 Å². The second kappa shape index (κ2) is 8.05. The smallest absolute Gasteiger partial charge is 0.369 e. The number of guanidine groups is 2. The lowest BCUT2D eigenvalue weighted by molar-refractivity contribution is -0.137. The van der Waals surface area contributed by atoms with Crippen LogP contribution in [0.3, 0.4) is 0 Å². The van der Waals surface area contributed by atoms with Crippen molar-refractivity contribution in [3.63, 3.8) is 0 Å². The van der Waals surface area contributed by atoms with Gasteiger partial charge in [0.2, 0.25) is 5.96 Å². The summed E-state index contributed by atoms with van der Waals surface area (Å²) in [5, 5.41) is 0. The van der Waals surface area contributed by atoms with Crippen molar-refractivity contribution in [1.82, 2.24) is 4.90 Å². The quantitative estimate of drug-likeness (QED) is 0.482. The number of benzene rings is 1. The predicted molar refractivity (Wildman–Crippen MR) is 91.0 cm³/mol. The molecular weight excluding hydrogens is 343 g/mol. The zero-order valence-electron chi connectivity index (χ0n) is 13.0. The molecule has 24 heavy (non-hydrogen) atoms. The molecule has 0 saturated heterocycles. The Labute approximate surface area is 144 Å². The standard InChI is InChI=1S/C15H18F3N5.ClH/c1-10-6-7-23(9-10)14(20)22-13(19)21-8-11-2-4-12(5-3-11)15(16,17)18;/h2-6H,7-9H2,1H3,(H4,19,20,21,22);1H. The summed E-state index contributed by atoms with van der Waals surface area (Å²) in [5.74, 6) is 0.263. The molecule has 0 aliphatic carbocycles. The van der Waals surface area contributed by atoms with E-state index in [4.69, 9.17) is 11.5 Å². The van der Waals surface area contributed by atoms with Gasteiger partial charge in [0, 0.05) is 13.1 Å². The van der Waals surface area contributed by atoms with Crippen LogP contribution >= 0.6 is 12.4 Å². The van der Waals surface area contributed by atoms with Crippen molar-refractivity contribution in [3.05, 3.63) is 47.0 Å². The van der Waals surface area contributed by atoms with Gasteiger partial charge in [0.15, 0.2) is 5.96 Å². The molecule has 1 aliphatic rings. The summed E-state index contributed by atoms with van der Waals surface area (Å²) >= 11 is 0. The van der Waals surface area contributed by atoms with Gasteiger partial charge in [0.25, 0.3) is 0 Å². The third kappa shape index (κ3) is 5.45. The highest BCUT2D eigenvalue weighted by atomic mass is 35.5. The second-order valence-electron chi connectivity index (χ2n) is 5.27. The number of rotatable bonds is 2. The van der Waals surface area contributed by atoms with Gasteiger partial charge in [-0.1, -0.05) is 23.8 Å². The molecule has 1 aliphatic heterocycles. The highest BCUT2D eigenvalue weighted by Crippen LogP contribution is 2.29. The Morgan fingerprint density at radius 3 is 2.33 bits per heavy atom. The molecule has 9 heteroatoms. The van der Waals surface area contributed by atoms with Gasteiger partial charge in [-0.25, -0.2) is 4.99 Å². The van der Waals surface area contributed by atoms with Gasteiger partial charge in [0.1, 0.15) is 0 Å². The summed E-state index contributed by atoms with van der Waals surface area (Å²) in [5.41, 5.74) is 12.6. The summed E-state index contributed by atoms with van der Waals surface area (Å²) in [7, 11) is 0. The Morgan fingerprint density at radius 2 is 1.83 bits per heavy atom. The molecule has 0 spiro atoms. The monoisotopic (exact) mass is 361 g/mol. The van der Waals surface area contributed by atoms with Crippen LogP contribution in [0.25, 0.3) is 0 Å². The van der Waals surface area contributed by atoms with Crippen LogP contribution in [0.4, 0.5) is 13.2 Å². The SMILES string of the molecule is CC1=CCN(C(N)=NC(N)=NCc2ccc(C(F)(F)F)cc2)C1.Cl. The minimum absolute atomic E-state index is 0. The molecule has 0 fully saturated rings. The van der Waals surface area contributed by atoms with Crippen LogP contribution in [-0.2, 0) is 12.7 Å². The fourth-order valence-corrected chi connectivity index (χ4v) is 2.07. The molecule has 1 heterocycles. The second-order valence-corrected chi connectivity index (χ2v) is 5.27. The van der Waals surface area contributed by atoms with Crippen molar-refractivity contribution in [1.29, 1.82) is 0 Å². The first-order valence-electron chi connectivity index (χ1n) is 6.96. The maximum absolute atomic E-state index is 12.5. The van der Waals surface area contributed by atoms with Gasteiger partial charge >= 0.3 is 6.18 Å². The lowest BCUT2D eigenvalue weighted by Crippen LogP contribution is -2.37. The topological polar surface area (TPSA) is 80.0 Å². The summed E-state index contributed by atoms with van der Waals surface area (Å²) in [6.07, 6.45) is -2.31. The molecule has 1 aromatic carbocycles. The number of alkyl halides is 3. The van der Waals surface area contributed by atoms with Crippen molar-refractivity contribution in [2.45, 2.75) is 19.6 Å². The van der Waals surface area contributed by atoms with E-state index in [9.17, 15) is 13.2 Å². The maximum atomic E-state index is 12.5. The number of halogens is 4. The molecule has 0 bridgehead atoms. The largest absolute Gasteiger partial charge is 0.416 e. The van der Waals surface area contributed by atoms with Crippen LogP contribution < -0.4 is 11.5 Å². The van der Waals surface area contributed by atoms with Crippen LogP contribution in [0.1, 0.15) is 18.1 Å². The number of nitrogens with two attached hydrogens (primary N) is 2. The summed E-state index contributed by atoms with van der Waals surface area (Å²) in [6.45, 7) is 3.50. The molecule has 0 unspecified atom stereocenters. The zero-order valence-corrected chi connectivity index (χ0v) is 13.9. The highest BCUT2D eigenvalue weighted by molar-refractivity contribution is 5.93. The van der Waals surface area contributed by atoms with Crippen LogP contribution in [0, 0.1) is 0 Å². The molecule has 0 aromatic heterocycles. The predicted octanol–water partition coefficient (Wildman–Crippen LogP) is 2.52. The van der Waals surface area contributed by atoms with Crippen molar-refractivity contribution in [3.8, 4) is 0 Å². The maximum Gasteiger partial charge on any atom is 0.416 e. The Bertz CT molecular complexity index is 650. The average Bonchev–Trinajstić information content (AvgIpc) is 2.91. The minimum Gasteiger partial charge on any atom is -0.369 e. The van der Waals surface area contributed by atoms with E-state index in [-0.39, 0.29) is 30.9 Å². The molecule has 4 N–H and O–H groups in total. The lowest BCUT2D eigenvalue weighted by Gasteiger charge is -2.16. The first kappa shape index (κ1) is 19.8. The minimum atomic E-state index is -4.35. The fraction of sp³-hybridized carbons (Fsp3) is 0.333. The van der Waals surface area contributed by atoms with Crippen molar-refractivity contribution < 1.29 is 13.2 Å². The van der Waals surface area contributed by atoms with Crippen LogP contribution in [0.15, 0.2) is 45.9 Å². The van der Waals surface area contributed by atoms with Crippen molar-refractivity contribution >= 4 is 24.3 Å². The third-order valence-electron chi connectivity index (χ3n) is 3.36. The van der Waals surface area contributed by atoms with Crippen molar-refractivity contribution in [2.75, 3.05) is 13.1 Å². The van der Waals surface area contributed by atoms with E-state index in [2.05, 4.69) is 9.98 Å². The van der Waals surface area contributed by atoms with E-state index in [0.29, 0.717) is 18.7 Å². The highest BCUT2D eigenvalue weighted by Gasteiger charge is 2.29. The molecule has 1 aromatic rings. The van der Waals surface area contributed by atoms with E-state index in [1.807, 2.05) is 17.9 Å². The van der Waals surface area contributed by atoms with E-state index in [1.54, 1.807) is 0 Å². The Hall–Kier alpha value is -2.22.